The molecule has 126 valence electrons. The van der Waals surface area contributed by atoms with Crippen LogP contribution in [0, 0.1) is 5.82 Å². The molecule has 0 atom stereocenters. The second kappa shape index (κ2) is 6.95. The lowest BCUT2D eigenvalue weighted by Gasteiger charge is -1.95. The normalized spacial score (nSPS) is 11.0. The van der Waals surface area contributed by atoms with Crippen LogP contribution in [0.3, 0.4) is 0 Å². The Balaban J connectivity index is 0.000000256. The molecule has 0 saturated carbocycles. The lowest BCUT2D eigenvalue weighted by Crippen LogP contribution is -2.21. The third kappa shape index (κ3) is 4.51. The molecule has 0 radical (unpaired) electrons. The molecule has 1 aromatic carbocycles. The summed E-state index contributed by atoms with van der Waals surface area (Å²) >= 11 is 3.34. The second-order valence-corrected chi connectivity index (χ2v) is 5.34. The number of carbonyl (C=O) groups is 1. The molecule has 0 aliphatic heterocycles. The molecule has 24 heavy (non-hydrogen) atoms. The van der Waals surface area contributed by atoms with Gasteiger partial charge in [0.05, 0.1) is 5.52 Å². The lowest BCUT2D eigenvalue weighted by molar-refractivity contribution is -0.192. The van der Waals surface area contributed by atoms with Crippen molar-refractivity contribution < 1.29 is 27.5 Å². The van der Waals surface area contributed by atoms with E-state index in [1.807, 2.05) is 6.07 Å². The van der Waals surface area contributed by atoms with Gasteiger partial charge in [0.15, 0.2) is 5.65 Å². The first-order valence-corrected chi connectivity index (χ1v) is 7.03. The van der Waals surface area contributed by atoms with Gasteiger partial charge in [-0.25, -0.2) is 19.2 Å². The third-order valence-electron chi connectivity index (χ3n) is 2.64. The molecule has 5 nitrogen and oxygen atoms in total. The summed E-state index contributed by atoms with van der Waals surface area (Å²) < 4.78 is 45.7. The number of aromatic amines is 1. The SMILES string of the molecule is Fc1cccc(-c2nc3ncc(Br)cc3[nH]2)c1.O=C(O)C(F)(F)F. The van der Waals surface area contributed by atoms with E-state index in [1.165, 1.54) is 12.1 Å². The zero-order valence-corrected chi connectivity index (χ0v) is 13.2. The van der Waals surface area contributed by atoms with Crippen LogP contribution in [0.2, 0.25) is 0 Å². The average Bonchev–Trinajstić information content (AvgIpc) is 2.90. The second-order valence-electron chi connectivity index (χ2n) is 4.42. The number of H-pyrrole nitrogens is 1. The summed E-state index contributed by atoms with van der Waals surface area (Å²) in [7, 11) is 0. The van der Waals surface area contributed by atoms with E-state index >= 15 is 0 Å². The number of halogens is 5. The number of imidazole rings is 1. The zero-order chi connectivity index (χ0) is 17.9. The van der Waals surface area contributed by atoms with Gasteiger partial charge in [0.2, 0.25) is 0 Å². The number of nitrogens with zero attached hydrogens (tertiary/aromatic N) is 2. The van der Waals surface area contributed by atoms with Crippen molar-refractivity contribution in [2.45, 2.75) is 6.18 Å². The van der Waals surface area contributed by atoms with Crippen LogP contribution in [0.1, 0.15) is 0 Å². The number of carboxylic acid groups (broad SMARTS) is 1. The minimum Gasteiger partial charge on any atom is -0.475 e. The van der Waals surface area contributed by atoms with Crippen LogP contribution in [0.4, 0.5) is 17.6 Å². The van der Waals surface area contributed by atoms with Crippen LogP contribution < -0.4 is 0 Å². The Labute approximate surface area is 140 Å². The number of pyridine rings is 1. The Morgan fingerprint density at radius 3 is 2.50 bits per heavy atom. The maximum Gasteiger partial charge on any atom is 0.490 e. The van der Waals surface area contributed by atoms with Gasteiger partial charge in [-0.1, -0.05) is 12.1 Å². The van der Waals surface area contributed by atoms with E-state index in [4.69, 9.17) is 9.90 Å². The maximum atomic E-state index is 13.1. The van der Waals surface area contributed by atoms with E-state index < -0.39 is 12.1 Å². The van der Waals surface area contributed by atoms with E-state index in [9.17, 15) is 17.6 Å². The van der Waals surface area contributed by atoms with Crippen molar-refractivity contribution in [3.63, 3.8) is 0 Å². The van der Waals surface area contributed by atoms with Crippen LogP contribution in [-0.2, 0) is 4.79 Å². The number of aromatic nitrogens is 3. The van der Waals surface area contributed by atoms with Gasteiger partial charge in [0, 0.05) is 16.2 Å². The van der Waals surface area contributed by atoms with Crippen LogP contribution in [0.25, 0.3) is 22.6 Å². The van der Waals surface area contributed by atoms with Crippen molar-refractivity contribution in [3.05, 3.63) is 46.8 Å². The standard InChI is InChI=1S/C12H7BrFN3.C2HF3O2/c13-8-5-10-12(15-6-8)17-11(16-10)7-2-1-3-9(14)4-7;3-2(4,5)1(6)7/h1-6H,(H,15,16,17);(H,6,7). The van der Waals surface area contributed by atoms with E-state index in [1.54, 1.807) is 18.3 Å². The zero-order valence-electron chi connectivity index (χ0n) is 11.6. The van der Waals surface area contributed by atoms with Crippen LogP contribution in [-0.4, -0.2) is 32.2 Å². The van der Waals surface area contributed by atoms with Gasteiger partial charge in [0.1, 0.15) is 11.6 Å². The first kappa shape index (κ1) is 17.9. The number of carboxylic acids is 1. The molecule has 0 spiro atoms. The van der Waals surface area contributed by atoms with Crippen LogP contribution in [0.5, 0.6) is 0 Å². The highest BCUT2D eigenvalue weighted by molar-refractivity contribution is 9.10. The molecule has 2 aromatic heterocycles. The fourth-order valence-electron chi connectivity index (χ4n) is 1.65. The van der Waals surface area contributed by atoms with Crippen LogP contribution in [0.15, 0.2) is 41.0 Å². The summed E-state index contributed by atoms with van der Waals surface area (Å²) in [5.74, 6) is -2.42. The highest BCUT2D eigenvalue weighted by Crippen LogP contribution is 2.21. The molecule has 10 heteroatoms. The summed E-state index contributed by atoms with van der Waals surface area (Å²) in [6.45, 7) is 0. The first-order valence-electron chi connectivity index (χ1n) is 6.24. The minimum absolute atomic E-state index is 0.280. The predicted molar refractivity (Wildman–Crippen MR) is 80.7 cm³/mol. The van der Waals surface area contributed by atoms with Gasteiger partial charge >= 0.3 is 12.1 Å². The monoisotopic (exact) mass is 405 g/mol. The molecule has 0 aliphatic rings. The molecule has 0 aliphatic carbocycles. The van der Waals surface area contributed by atoms with Crippen molar-refractivity contribution in [2.24, 2.45) is 0 Å². The van der Waals surface area contributed by atoms with Gasteiger partial charge in [-0.3, -0.25) is 0 Å². The molecule has 2 N–H and O–H groups in total. The summed E-state index contributed by atoms with van der Waals surface area (Å²) in [6.07, 6.45) is -3.40. The van der Waals surface area contributed by atoms with E-state index in [0.717, 1.165) is 9.99 Å². The quantitative estimate of drug-likeness (QED) is 0.595. The van der Waals surface area contributed by atoms with Gasteiger partial charge in [-0.05, 0) is 34.1 Å². The largest absolute Gasteiger partial charge is 0.490 e. The Hall–Kier alpha value is -2.49. The summed E-state index contributed by atoms with van der Waals surface area (Å²) in [5, 5.41) is 7.12. The molecule has 0 amide bonds. The minimum atomic E-state index is -5.08. The van der Waals surface area contributed by atoms with Gasteiger partial charge in [-0.2, -0.15) is 13.2 Å². The van der Waals surface area contributed by atoms with Crippen LogP contribution >= 0.6 is 15.9 Å². The molecular formula is C14H8BrF4N3O2. The van der Waals surface area contributed by atoms with Crippen molar-refractivity contribution in [2.75, 3.05) is 0 Å². The molecule has 0 unspecified atom stereocenters. The van der Waals surface area contributed by atoms with Crippen molar-refractivity contribution in [1.29, 1.82) is 0 Å². The Bertz CT molecular complexity index is 880. The fraction of sp³-hybridized carbons (Fsp3) is 0.0714. The number of benzene rings is 1. The summed E-state index contributed by atoms with van der Waals surface area (Å²) in [5.41, 5.74) is 2.14. The topological polar surface area (TPSA) is 78.9 Å². The van der Waals surface area contributed by atoms with E-state index in [0.29, 0.717) is 17.0 Å². The molecule has 0 saturated heterocycles. The average molecular weight is 406 g/mol. The number of alkyl halides is 3. The highest BCUT2D eigenvalue weighted by Gasteiger charge is 2.38. The molecular weight excluding hydrogens is 398 g/mol. The molecule has 0 bridgehead atoms. The Kier molecular flexibility index (Phi) is 5.17. The van der Waals surface area contributed by atoms with E-state index in [2.05, 4.69) is 30.9 Å². The molecule has 2 heterocycles. The number of rotatable bonds is 1. The molecule has 3 rings (SSSR count). The fourth-order valence-corrected chi connectivity index (χ4v) is 1.98. The highest BCUT2D eigenvalue weighted by atomic mass is 79.9. The van der Waals surface area contributed by atoms with Gasteiger partial charge in [0.25, 0.3) is 0 Å². The predicted octanol–water partition coefficient (Wildman–Crippen LogP) is 4.16. The summed E-state index contributed by atoms with van der Waals surface area (Å²) in [4.78, 5) is 20.5. The smallest absolute Gasteiger partial charge is 0.475 e. The van der Waals surface area contributed by atoms with Crippen molar-refractivity contribution >= 4 is 33.1 Å². The number of nitrogens with one attached hydrogen (secondary N) is 1. The lowest BCUT2D eigenvalue weighted by atomic mass is 10.2. The number of aliphatic carboxylic acids is 1. The molecule has 3 aromatic rings. The molecule has 0 fully saturated rings. The van der Waals surface area contributed by atoms with Gasteiger partial charge in [-0.15, -0.1) is 0 Å². The first-order chi connectivity index (χ1) is 11.2. The van der Waals surface area contributed by atoms with Gasteiger partial charge < -0.3 is 10.1 Å². The third-order valence-corrected chi connectivity index (χ3v) is 3.08. The number of hydrogen-bond acceptors (Lipinski definition) is 3. The Morgan fingerprint density at radius 1 is 1.25 bits per heavy atom. The summed E-state index contributed by atoms with van der Waals surface area (Å²) in [6, 6.07) is 8.18. The maximum absolute atomic E-state index is 13.1. The number of hydrogen-bond donors (Lipinski definition) is 2. The van der Waals surface area contributed by atoms with Crippen molar-refractivity contribution in [1.82, 2.24) is 15.0 Å². The number of fused-ring (bicyclic) bond motifs is 1. The van der Waals surface area contributed by atoms with E-state index in [-0.39, 0.29) is 5.82 Å². The Morgan fingerprint density at radius 2 is 1.92 bits per heavy atom. The van der Waals surface area contributed by atoms with Crippen molar-refractivity contribution in [3.8, 4) is 11.4 Å².